The van der Waals surface area contributed by atoms with E-state index >= 15 is 0 Å². The number of fused-ring (bicyclic) bond motifs is 5. The molecule has 3 nitrogen and oxygen atoms in total. The number of anilines is 3. The summed E-state index contributed by atoms with van der Waals surface area (Å²) >= 11 is 0. The molecule has 0 amide bonds. The van der Waals surface area contributed by atoms with Crippen molar-refractivity contribution in [1.82, 2.24) is 0 Å². The van der Waals surface area contributed by atoms with Crippen molar-refractivity contribution >= 4 is 45.5 Å². The van der Waals surface area contributed by atoms with Crippen molar-refractivity contribution in [3.05, 3.63) is 165 Å². The van der Waals surface area contributed by atoms with Gasteiger partial charge in [-0.2, -0.15) is 0 Å². The first-order chi connectivity index (χ1) is 22.6. The molecular formula is C44H35NO2. The van der Waals surface area contributed by atoms with Gasteiger partial charge in [-0.05, 0) is 119 Å². The monoisotopic (exact) mass is 609 g/mol. The van der Waals surface area contributed by atoms with Gasteiger partial charge in [-0.3, -0.25) is 9.59 Å². The Morgan fingerprint density at radius 3 is 2.13 bits per heavy atom. The number of aryl methyl sites for hydroxylation is 3. The van der Waals surface area contributed by atoms with Crippen LogP contribution in [-0.2, 0) is 5.41 Å². The van der Waals surface area contributed by atoms with E-state index in [0.717, 1.165) is 33.3 Å². The molecule has 0 saturated carbocycles. The predicted octanol–water partition coefficient (Wildman–Crippen LogP) is 11.0. The third kappa shape index (κ3) is 4.41. The zero-order valence-electron chi connectivity index (χ0n) is 27.3. The summed E-state index contributed by atoms with van der Waals surface area (Å²) < 4.78 is 0. The van der Waals surface area contributed by atoms with E-state index in [1.807, 2.05) is 25.1 Å². The Balaban J connectivity index is 1.31. The van der Waals surface area contributed by atoms with Crippen LogP contribution in [0, 0.1) is 20.8 Å². The number of hydrogen-bond donors (Lipinski definition) is 0. The first kappa shape index (κ1) is 28.9. The maximum atomic E-state index is 13.3. The van der Waals surface area contributed by atoms with Crippen molar-refractivity contribution < 1.29 is 9.59 Å². The van der Waals surface area contributed by atoms with Crippen LogP contribution < -0.4 is 4.90 Å². The molecular weight excluding hydrogens is 574 g/mol. The molecule has 1 heterocycles. The number of allylic oxidation sites excluding steroid dienone is 1. The Kier molecular flexibility index (Phi) is 6.46. The molecule has 0 N–H and O–H groups in total. The maximum absolute atomic E-state index is 13.3. The summed E-state index contributed by atoms with van der Waals surface area (Å²) in [4.78, 5) is 28.9. The molecule has 1 aliphatic carbocycles. The summed E-state index contributed by atoms with van der Waals surface area (Å²) in [5.74, 6) is -0.401. The van der Waals surface area contributed by atoms with Crippen LogP contribution in [-0.4, -0.2) is 11.6 Å². The van der Waals surface area contributed by atoms with Crippen LogP contribution in [0.4, 0.5) is 17.1 Å². The Morgan fingerprint density at radius 1 is 0.638 bits per heavy atom. The van der Waals surface area contributed by atoms with Gasteiger partial charge in [0.2, 0.25) is 0 Å². The minimum Gasteiger partial charge on any atom is -0.310 e. The van der Waals surface area contributed by atoms with Gasteiger partial charge in [0.05, 0.1) is 16.9 Å². The van der Waals surface area contributed by atoms with E-state index < -0.39 is 0 Å². The molecule has 228 valence electrons. The number of rotatable bonds is 3. The summed E-state index contributed by atoms with van der Waals surface area (Å²) in [7, 11) is 0. The summed E-state index contributed by atoms with van der Waals surface area (Å²) in [6, 6.07) is 40.1. The molecule has 2 aliphatic rings. The largest absolute Gasteiger partial charge is 0.310 e. The molecule has 0 spiro atoms. The molecule has 1 aliphatic heterocycles. The van der Waals surface area contributed by atoms with E-state index in [0.29, 0.717) is 11.1 Å². The van der Waals surface area contributed by atoms with Crippen molar-refractivity contribution in [2.24, 2.45) is 0 Å². The molecule has 3 heteroatoms. The Hall–Kier alpha value is -5.54. The van der Waals surface area contributed by atoms with Gasteiger partial charge >= 0.3 is 0 Å². The van der Waals surface area contributed by atoms with Crippen LogP contribution >= 0.6 is 0 Å². The highest BCUT2D eigenvalue weighted by Gasteiger charge is 2.39. The fourth-order valence-corrected chi connectivity index (χ4v) is 7.78. The lowest BCUT2D eigenvalue weighted by atomic mass is 9.71. The van der Waals surface area contributed by atoms with E-state index in [2.05, 4.69) is 124 Å². The van der Waals surface area contributed by atoms with Gasteiger partial charge in [0.15, 0.2) is 11.6 Å². The maximum Gasteiger partial charge on any atom is 0.197 e. The highest BCUT2D eigenvalue weighted by molar-refractivity contribution is 6.41. The smallest absolute Gasteiger partial charge is 0.197 e. The van der Waals surface area contributed by atoms with Gasteiger partial charge in [-0.1, -0.05) is 92.2 Å². The van der Waals surface area contributed by atoms with Crippen LogP contribution in [0.1, 0.15) is 67.9 Å². The fourth-order valence-electron chi connectivity index (χ4n) is 7.78. The van der Waals surface area contributed by atoms with Crippen molar-refractivity contribution in [2.45, 2.75) is 40.0 Å². The van der Waals surface area contributed by atoms with Gasteiger partial charge in [-0.15, -0.1) is 0 Å². The van der Waals surface area contributed by atoms with Gasteiger partial charge < -0.3 is 4.90 Å². The highest BCUT2D eigenvalue weighted by Crippen LogP contribution is 2.54. The third-order valence-corrected chi connectivity index (χ3v) is 10.0. The summed E-state index contributed by atoms with van der Waals surface area (Å²) in [5, 5.41) is 2.22. The SMILES string of the molecule is Cc1ccc2c(c1)C(=O)/C(=C\c1ccc3c4c(ccc3c1)N(c1ccccc1)c1ccc(-c3c(C)cccc3C)cc1C4(C)C)C2=O. The predicted molar refractivity (Wildman–Crippen MR) is 193 cm³/mol. The summed E-state index contributed by atoms with van der Waals surface area (Å²) in [5.41, 5.74) is 13.7. The highest BCUT2D eigenvalue weighted by atomic mass is 16.2. The number of Topliss-reactive ketones (excluding diaryl/α,β-unsaturated/α-hetero) is 2. The number of ketones is 2. The average molecular weight is 610 g/mol. The number of hydrogen-bond acceptors (Lipinski definition) is 3. The molecule has 0 bridgehead atoms. The minimum absolute atomic E-state index is 0.199. The Labute approximate surface area is 275 Å². The van der Waals surface area contributed by atoms with Crippen LogP contribution in [0.15, 0.2) is 121 Å². The van der Waals surface area contributed by atoms with Gasteiger partial charge in [-0.25, -0.2) is 0 Å². The number of para-hydroxylation sites is 1. The normalized spacial score (nSPS) is 15.6. The second-order valence-electron chi connectivity index (χ2n) is 13.5. The van der Waals surface area contributed by atoms with E-state index in [1.165, 1.54) is 39.1 Å². The lowest BCUT2D eigenvalue weighted by Gasteiger charge is -2.43. The van der Waals surface area contributed by atoms with E-state index in [9.17, 15) is 9.59 Å². The van der Waals surface area contributed by atoms with E-state index in [1.54, 1.807) is 12.1 Å². The molecule has 6 aromatic rings. The first-order valence-electron chi connectivity index (χ1n) is 16.2. The number of benzene rings is 6. The van der Waals surface area contributed by atoms with Gasteiger partial charge in [0.1, 0.15) is 0 Å². The first-order valence-corrected chi connectivity index (χ1v) is 16.2. The molecule has 0 atom stereocenters. The van der Waals surface area contributed by atoms with Crippen LogP contribution in [0.2, 0.25) is 0 Å². The van der Waals surface area contributed by atoms with E-state index in [4.69, 9.17) is 0 Å². The van der Waals surface area contributed by atoms with E-state index in [-0.39, 0.29) is 22.6 Å². The molecule has 0 unspecified atom stereocenters. The van der Waals surface area contributed by atoms with Gasteiger partial charge in [0, 0.05) is 22.2 Å². The number of nitrogens with zero attached hydrogens (tertiary/aromatic N) is 1. The second-order valence-corrected chi connectivity index (χ2v) is 13.5. The lowest BCUT2D eigenvalue weighted by Crippen LogP contribution is -2.31. The average Bonchev–Trinajstić information content (AvgIpc) is 3.29. The third-order valence-electron chi connectivity index (χ3n) is 10.0. The molecule has 6 aromatic carbocycles. The molecule has 0 aromatic heterocycles. The van der Waals surface area contributed by atoms with Gasteiger partial charge in [0.25, 0.3) is 0 Å². The van der Waals surface area contributed by atoms with Crippen molar-refractivity contribution in [3.8, 4) is 11.1 Å². The zero-order valence-corrected chi connectivity index (χ0v) is 27.3. The van der Waals surface area contributed by atoms with Crippen LogP contribution in [0.3, 0.4) is 0 Å². The Bertz CT molecular complexity index is 2320. The summed E-state index contributed by atoms with van der Waals surface area (Å²) in [6.45, 7) is 11.0. The van der Waals surface area contributed by atoms with Crippen molar-refractivity contribution in [3.63, 3.8) is 0 Å². The molecule has 8 rings (SSSR count). The molecule has 0 radical (unpaired) electrons. The lowest BCUT2D eigenvalue weighted by molar-refractivity contribution is 0.0990. The minimum atomic E-state index is -0.321. The van der Waals surface area contributed by atoms with Crippen LogP contribution in [0.5, 0.6) is 0 Å². The fraction of sp³-hybridized carbons (Fsp3) is 0.136. The zero-order chi connectivity index (χ0) is 32.6. The molecule has 0 saturated heterocycles. The Morgan fingerprint density at radius 2 is 1.36 bits per heavy atom. The van der Waals surface area contributed by atoms with Crippen molar-refractivity contribution in [1.29, 1.82) is 0 Å². The standard InChI is InChI=1S/C44H35NO2/c1-26-14-18-34-35(22-26)43(47)36(42(34)46)24-29-15-19-33-30(23-29)16-21-39-41(33)44(4,5)37-25-31(40-27(2)10-9-11-28(40)3)17-20-38(37)45(39)32-12-7-6-8-13-32/h6-25H,1-5H3/b36-24-. The number of carbonyl (C=O) groups is 2. The quantitative estimate of drug-likeness (QED) is 0.148. The molecule has 0 fully saturated rings. The van der Waals surface area contributed by atoms with Crippen molar-refractivity contribution in [2.75, 3.05) is 4.90 Å². The topological polar surface area (TPSA) is 37.4 Å². The summed E-state index contributed by atoms with van der Waals surface area (Å²) in [6.07, 6.45) is 1.76. The number of carbonyl (C=O) groups excluding carboxylic acids is 2. The van der Waals surface area contributed by atoms with Crippen LogP contribution in [0.25, 0.3) is 28.0 Å². The molecule has 47 heavy (non-hydrogen) atoms. The second kappa shape index (κ2) is 10.5.